The zero-order valence-electron chi connectivity index (χ0n) is 23.6. The van der Waals surface area contributed by atoms with Gasteiger partial charge in [0.25, 0.3) is 5.91 Å². The maximum Gasteiger partial charge on any atom is 0.253 e. The summed E-state index contributed by atoms with van der Waals surface area (Å²) in [4.78, 5) is 27.4. The fourth-order valence-electron chi connectivity index (χ4n) is 4.19. The average molecular weight is 532 g/mol. The molecule has 0 aliphatic heterocycles. The number of ether oxygens (including phenoxy) is 1. The van der Waals surface area contributed by atoms with Crippen LogP contribution in [0.4, 0.5) is 11.4 Å². The predicted molar refractivity (Wildman–Crippen MR) is 150 cm³/mol. The molecule has 0 aliphatic rings. The highest BCUT2D eigenvalue weighted by molar-refractivity contribution is 7.92. The van der Waals surface area contributed by atoms with Crippen LogP contribution in [-0.4, -0.2) is 58.6 Å². The first-order chi connectivity index (χ1) is 17.1. The summed E-state index contributed by atoms with van der Waals surface area (Å²) >= 11 is 0. The van der Waals surface area contributed by atoms with Crippen molar-refractivity contribution in [3.63, 3.8) is 0 Å². The third-order valence-corrected chi connectivity index (χ3v) is 7.89. The summed E-state index contributed by atoms with van der Waals surface area (Å²) in [6, 6.07) is 8.67. The van der Waals surface area contributed by atoms with E-state index in [1.165, 1.54) is 9.21 Å². The van der Waals surface area contributed by atoms with Crippen LogP contribution in [0.15, 0.2) is 30.3 Å². The minimum Gasteiger partial charge on any atom is -0.496 e. The van der Waals surface area contributed by atoms with Crippen LogP contribution in [0.2, 0.25) is 0 Å². The maximum absolute atomic E-state index is 13.4. The number of sulfonamides is 1. The highest BCUT2D eigenvalue weighted by atomic mass is 32.2. The molecule has 2 aromatic carbocycles. The summed E-state index contributed by atoms with van der Waals surface area (Å²) in [5.74, 6) is -0.0765. The summed E-state index contributed by atoms with van der Waals surface area (Å²) in [6.45, 7) is 11.2. The minimum absolute atomic E-state index is 0.0685. The molecule has 37 heavy (non-hydrogen) atoms. The van der Waals surface area contributed by atoms with E-state index in [0.29, 0.717) is 35.5 Å². The summed E-state index contributed by atoms with van der Waals surface area (Å²) in [5.41, 5.74) is 3.40. The molecule has 2 rings (SSSR count). The van der Waals surface area contributed by atoms with E-state index in [9.17, 15) is 18.0 Å². The molecule has 0 unspecified atom stereocenters. The van der Waals surface area contributed by atoms with E-state index in [1.54, 1.807) is 45.5 Å². The Bertz CT molecular complexity index is 1220. The second kappa shape index (κ2) is 12.0. The highest BCUT2D eigenvalue weighted by Crippen LogP contribution is 2.32. The van der Waals surface area contributed by atoms with Crippen LogP contribution in [0.5, 0.6) is 5.75 Å². The number of methoxy groups -OCH3 is 1. The number of benzene rings is 2. The Morgan fingerprint density at radius 3 is 2.11 bits per heavy atom. The Labute approximate surface area is 222 Å². The zero-order valence-corrected chi connectivity index (χ0v) is 24.4. The number of nitrogens with one attached hydrogen (secondary N) is 1. The van der Waals surface area contributed by atoms with Gasteiger partial charge in [-0.05, 0) is 66.6 Å². The number of anilines is 2. The topological polar surface area (TPSA) is 96.0 Å². The molecule has 0 heterocycles. The number of rotatable bonds is 10. The molecule has 0 spiro atoms. The number of amides is 2. The van der Waals surface area contributed by atoms with Crippen LogP contribution < -0.4 is 14.4 Å². The van der Waals surface area contributed by atoms with Crippen LogP contribution in [-0.2, 0) is 20.2 Å². The van der Waals surface area contributed by atoms with E-state index in [4.69, 9.17) is 4.74 Å². The number of carbonyl (C=O) groups excluding carboxylic acids is 2. The fourth-order valence-corrected chi connectivity index (χ4v) is 5.81. The van der Waals surface area contributed by atoms with Crippen molar-refractivity contribution in [1.29, 1.82) is 0 Å². The summed E-state index contributed by atoms with van der Waals surface area (Å²) in [5, 5.41) is 2.89. The van der Waals surface area contributed by atoms with Crippen molar-refractivity contribution in [3.05, 3.63) is 52.6 Å². The van der Waals surface area contributed by atoms with Gasteiger partial charge in [-0.3, -0.25) is 13.9 Å². The van der Waals surface area contributed by atoms with Gasteiger partial charge in [-0.1, -0.05) is 40.2 Å². The van der Waals surface area contributed by atoms with Gasteiger partial charge in [0.2, 0.25) is 15.9 Å². The smallest absolute Gasteiger partial charge is 0.253 e. The molecule has 0 atom stereocenters. The van der Waals surface area contributed by atoms with Gasteiger partial charge in [0, 0.05) is 25.3 Å². The zero-order chi connectivity index (χ0) is 28.1. The van der Waals surface area contributed by atoms with E-state index < -0.39 is 22.5 Å². The molecule has 0 aliphatic carbocycles. The Morgan fingerprint density at radius 1 is 1.03 bits per heavy atom. The van der Waals surface area contributed by atoms with Crippen molar-refractivity contribution in [2.24, 2.45) is 0 Å². The van der Waals surface area contributed by atoms with Crippen LogP contribution in [0.25, 0.3) is 0 Å². The Morgan fingerprint density at radius 2 is 1.62 bits per heavy atom. The average Bonchev–Trinajstić information content (AvgIpc) is 2.79. The molecule has 2 amide bonds. The third-order valence-electron chi connectivity index (χ3n) is 6.07. The lowest BCUT2D eigenvalue weighted by Crippen LogP contribution is -2.40. The molecule has 0 aromatic heterocycles. The number of hydrogen-bond acceptors (Lipinski definition) is 5. The van der Waals surface area contributed by atoms with Gasteiger partial charge in [0.1, 0.15) is 12.3 Å². The second-order valence-corrected chi connectivity index (χ2v) is 12.6. The van der Waals surface area contributed by atoms with Gasteiger partial charge in [0.15, 0.2) is 0 Å². The molecule has 0 radical (unpaired) electrons. The fraction of sp³-hybridized carbons (Fsp3) is 0.500. The van der Waals surface area contributed by atoms with Gasteiger partial charge in [-0.25, -0.2) is 8.42 Å². The first-order valence-corrected chi connectivity index (χ1v) is 14.0. The van der Waals surface area contributed by atoms with Crippen LogP contribution in [0, 0.1) is 13.8 Å². The van der Waals surface area contributed by atoms with E-state index in [2.05, 4.69) is 5.32 Å². The minimum atomic E-state index is -3.78. The second-order valence-electron chi connectivity index (χ2n) is 10.5. The molecular weight excluding hydrogens is 490 g/mol. The van der Waals surface area contributed by atoms with Crippen molar-refractivity contribution in [2.75, 3.05) is 43.1 Å². The number of nitrogens with zero attached hydrogens (tertiary/aromatic N) is 2. The summed E-state index contributed by atoms with van der Waals surface area (Å²) in [6.07, 6.45) is 1.19. The predicted octanol–water partition coefficient (Wildman–Crippen LogP) is 4.89. The quantitative estimate of drug-likeness (QED) is 0.471. The molecule has 0 saturated heterocycles. The van der Waals surface area contributed by atoms with Crippen LogP contribution in [0.1, 0.15) is 67.6 Å². The number of aryl methyl sites for hydroxylation is 2. The van der Waals surface area contributed by atoms with Crippen LogP contribution in [0.3, 0.4) is 0 Å². The lowest BCUT2D eigenvalue weighted by atomic mass is 9.85. The lowest BCUT2D eigenvalue weighted by molar-refractivity contribution is -0.114. The standard InChI is InChI=1S/C28H41N3O5S/c1-10-11-14-37(34,35)31(22-15-19(2)26(36-9)20(3)16-22)18-25(32)29-24-17-21(27(33)30(7)8)12-13-23(24)28(4,5)6/h12-13,15-17H,10-11,14,18H2,1-9H3,(H,29,32). The monoisotopic (exact) mass is 531 g/mol. The van der Waals surface area contributed by atoms with E-state index in [1.807, 2.05) is 47.6 Å². The van der Waals surface area contributed by atoms with Crippen molar-refractivity contribution < 1.29 is 22.7 Å². The molecule has 0 fully saturated rings. The van der Waals surface area contributed by atoms with E-state index >= 15 is 0 Å². The van der Waals surface area contributed by atoms with Gasteiger partial charge in [-0.15, -0.1) is 0 Å². The lowest BCUT2D eigenvalue weighted by Gasteiger charge is -2.27. The summed E-state index contributed by atoms with van der Waals surface area (Å²) in [7, 11) is 1.12. The summed E-state index contributed by atoms with van der Waals surface area (Å²) < 4.78 is 33.3. The molecular formula is C28H41N3O5S. The molecule has 1 N–H and O–H groups in total. The Balaban J connectivity index is 2.51. The maximum atomic E-state index is 13.4. The SMILES string of the molecule is CCCCS(=O)(=O)N(CC(=O)Nc1cc(C(=O)N(C)C)ccc1C(C)(C)C)c1cc(C)c(OC)c(C)c1. The van der Waals surface area contributed by atoms with Crippen LogP contribution >= 0.6 is 0 Å². The van der Waals surface area contributed by atoms with Crippen molar-refractivity contribution >= 4 is 33.2 Å². The normalized spacial score (nSPS) is 11.7. The first-order valence-electron chi connectivity index (χ1n) is 12.4. The van der Waals surface area contributed by atoms with Gasteiger partial charge >= 0.3 is 0 Å². The number of unbranched alkanes of at least 4 members (excludes halogenated alkanes) is 1. The van der Waals surface area contributed by atoms with Crippen molar-refractivity contribution in [3.8, 4) is 5.75 Å². The van der Waals surface area contributed by atoms with E-state index in [0.717, 1.165) is 16.7 Å². The first kappa shape index (κ1) is 30.2. The molecule has 8 nitrogen and oxygen atoms in total. The van der Waals surface area contributed by atoms with Gasteiger partial charge in [-0.2, -0.15) is 0 Å². The van der Waals surface area contributed by atoms with E-state index in [-0.39, 0.29) is 17.1 Å². The molecule has 2 aromatic rings. The molecule has 9 heteroatoms. The highest BCUT2D eigenvalue weighted by Gasteiger charge is 2.27. The third kappa shape index (κ3) is 7.47. The molecule has 204 valence electrons. The molecule has 0 saturated carbocycles. The van der Waals surface area contributed by atoms with Crippen molar-refractivity contribution in [1.82, 2.24) is 4.90 Å². The van der Waals surface area contributed by atoms with Gasteiger partial charge in [0.05, 0.1) is 18.6 Å². The van der Waals surface area contributed by atoms with Gasteiger partial charge < -0.3 is 15.0 Å². The number of carbonyl (C=O) groups is 2. The Hall–Kier alpha value is -3.07. The van der Waals surface area contributed by atoms with Crippen molar-refractivity contribution in [2.45, 2.75) is 59.8 Å². The largest absolute Gasteiger partial charge is 0.496 e. The number of hydrogen-bond donors (Lipinski definition) is 1. The Kier molecular flexibility index (Phi) is 9.77. The molecule has 0 bridgehead atoms.